The topological polar surface area (TPSA) is 98.0 Å². The number of fused-ring (bicyclic) bond motifs is 1. The van der Waals surface area contributed by atoms with Gasteiger partial charge in [-0.25, -0.2) is 18.2 Å². The average Bonchev–Trinajstić information content (AvgIpc) is 3.38. The minimum atomic E-state index is -3.78. The molecule has 1 fully saturated rings. The first-order valence-corrected chi connectivity index (χ1v) is 11.5. The van der Waals surface area contributed by atoms with Gasteiger partial charge in [-0.3, -0.25) is 9.20 Å². The number of halogens is 1. The highest BCUT2D eigenvalue weighted by Crippen LogP contribution is 2.28. The smallest absolute Gasteiger partial charge is 0.338 e. The van der Waals surface area contributed by atoms with Gasteiger partial charge in [-0.15, -0.1) is 11.3 Å². The Bertz CT molecular complexity index is 1250. The SMILES string of the molecule is O=C(OCc1cc(=O)n2ccsc2n1)c1ccc(Cl)c(S(=O)(=O)N2CCCC2)c1. The van der Waals surface area contributed by atoms with Gasteiger partial charge in [0.05, 0.1) is 16.3 Å². The van der Waals surface area contributed by atoms with Gasteiger partial charge in [0.25, 0.3) is 5.56 Å². The van der Waals surface area contributed by atoms with Crippen LogP contribution in [0.4, 0.5) is 0 Å². The average molecular weight is 454 g/mol. The van der Waals surface area contributed by atoms with Crippen molar-refractivity contribution in [3.63, 3.8) is 0 Å². The van der Waals surface area contributed by atoms with Crippen LogP contribution in [0.5, 0.6) is 0 Å². The first kappa shape index (κ1) is 20.0. The van der Waals surface area contributed by atoms with E-state index in [0.717, 1.165) is 12.8 Å². The van der Waals surface area contributed by atoms with Gasteiger partial charge in [-0.1, -0.05) is 11.6 Å². The van der Waals surface area contributed by atoms with Gasteiger partial charge in [-0.05, 0) is 31.0 Å². The maximum atomic E-state index is 12.8. The van der Waals surface area contributed by atoms with Gasteiger partial charge in [0, 0.05) is 30.7 Å². The molecule has 3 heterocycles. The zero-order chi connectivity index (χ0) is 20.6. The van der Waals surface area contributed by atoms with Crippen LogP contribution in [0.2, 0.25) is 5.02 Å². The number of carbonyl (C=O) groups is 1. The Hall–Kier alpha value is -2.27. The fraction of sp³-hybridized carbons (Fsp3) is 0.278. The highest BCUT2D eigenvalue weighted by atomic mass is 35.5. The summed E-state index contributed by atoms with van der Waals surface area (Å²) in [5, 5.41) is 1.78. The van der Waals surface area contributed by atoms with E-state index in [-0.39, 0.29) is 27.6 Å². The van der Waals surface area contributed by atoms with Crippen molar-refractivity contribution in [2.24, 2.45) is 0 Å². The summed E-state index contributed by atoms with van der Waals surface area (Å²) in [6.45, 7) is 0.652. The first-order chi connectivity index (χ1) is 13.9. The van der Waals surface area contributed by atoms with Crippen molar-refractivity contribution in [2.75, 3.05) is 13.1 Å². The standard InChI is InChI=1S/C18H16ClN3O5S2/c19-14-4-3-12(9-15(14)29(25,26)21-5-1-2-6-21)17(24)27-11-13-10-16(23)22-7-8-28-18(22)20-13/h3-4,7-10H,1-2,5-6,11H2. The molecule has 0 N–H and O–H groups in total. The molecule has 1 aliphatic heterocycles. The molecule has 0 atom stereocenters. The molecule has 1 saturated heterocycles. The van der Waals surface area contributed by atoms with Crippen molar-refractivity contribution >= 4 is 43.9 Å². The number of carbonyl (C=O) groups excluding carboxylic acids is 1. The van der Waals surface area contributed by atoms with Crippen LogP contribution in [0.1, 0.15) is 28.9 Å². The van der Waals surface area contributed by atoms with E-state index in [1.807, 2.05) is 0 Å². The Morgan fingerprint density at radius 2 is 2.00 bits per heavy atom. The number of esters is 1. The second-order valence-electron chi connectivity index (χ2n) is 6.47. The van der Waals surface area contributed by atoms with Crippen LogP contribution in [0, 0.1) is 0 Å². The van der Waals surface area contributed by atoms with E-state index in [2.05, 4.69) is 4.98 Å². The predicted octanol–water partition coefficient (Wildman–Crippen LogP) is 2.55. The summed E-state index contributed by atoms with van der Waals surface area (Å²) in [6, 6.07) is 5.28. The molecular weight excluding hydrogens is 438 g/mol. The fourth-order valence-corrected chi connectivity index (χ4v) is 5.84. The molecule has 0 bridgehead atoms. The zero-order valence-corrected chi connectivity index (χ0v) is 17.5. The third-order valence-electron chi connectivity index (χ3n) is 4.56. The predicted molar refractivity (Wildman–Crippen MR) is 108 cm³/mol. The van der Waals surface area contributed by atoms with Crippen molar-refractivity contribution in [3.8, 4) is 0 Å². The second-order valence-corrected chi connectivity index (χ2v) is 9.66. The van der Waals surface area contributed by atoms with E-state index in [4.69, 9.17) is 16.3 Å². The molecule has 0 saturated carbocycles. The van der Waals surface area contributed by atoms with Crippen LogP contribution in [0.15, 0.2) is 45.5 Å². The van der Waals surface area contributed by atoms with E-state index in [9.17, 15) is 18.0 Å². The van der Waals surface area contributed by atoms with Crippen LogP contribution in [0.3, 0.4) is 0 Å². The van der Waals surface area contributed by atoms with Gasteiger partial charge in [-0.2, -0.15) is 4.31 Å². The number of rotatable bonds is 5. The third kappa shape index (κ3) is 3.93. The van der Waals surface area contributed by atoms with Crippen LogP contribution < -0.4 is 5.56 Å². The largest absolute Gasteiger partial charge is 0.456 e. The number of hydrogen-bond acceptors (Lipinski definition) is 7. The molecule has 152 valence electrons. The third-order valence-corrected chi connectivity index (χ3v) is 7.69. The summed E-state index contributed by atoms with van der Waals surface area (Å²) in [6.07, 6.45) is 3.20. The maximum absolute atomic E-state index is 12.8. The molecule has 1 aromatic carbocycles. The lowest BCUT2D eigenvalue weighted by Gasteiger charge is -2.17. The Morgan fingerprint density at radius 3 is 2.76 bits per heavy atom. The lowest BCUT2D eigenvalue weighted by atomic mass is 10.2. The van der Waals surface area contributed by atoms with Crippen LogP contribution in [-0.4, -0.2) is 41.2 Å². The van der Waals surface area contributed by atoms with Crippen molar-refractivity contribution in [1.29, 1.82) is 0 Å². The molecule has 0 unspecified atom stereocenters. The number of nitrogens with zero attached hydrogens (tertiary/aromatic N) is 3. The summed E-state index contributed by atoms with van der Waals surface area (Å²) in [5.41, 5.74) is 0.0959. The summed E-state index contributed by atoms with van der Waals surface area (Å²) in [4.78, 5) is 29.1. The number of sulfonamides is 1. The monoisotopic (exact) mass is 453 g/mol. The molecule has 1 aliphatic rings. The van der Waals surface area contributed by atoms with E-state index in [0.29, 0.717) is 23.7 Å². The Morgan fingerprint density at radius 1 is 1.24 bits per heavy atom. The highest BCUT2D eigenvalue weighted by molar-refractivity contribution is 7.89. The van der Waals surface area contributed by atoms with E-state index < -0.39 is 16.0 Å². The van der Waals surface area contributed by atoms with Crippen LogP contribution in [0.25, 0.3) is 4.96 Å². The Kier molecular flexibility index (Phi) is 5.43. The molecule has 0 amide bonds. The van der Waals surface area contributed by atoms with E-state index in [1.165, 1.54) is 44.3 Å². The van der Waals surface area contributed by atoms with Gasteiger partial charge in [0.1, 0.15) is 11.5 Å². The molecular formula is C18H16ClN3O5S2. The van der Waals surface area contributed by atoms with Crippen molar-refractivity contribution < 1.29 is 17.9 Å². The van der Waals surface area contributed by atoms with Crippen LogP contribution in [-0.2, 0) is 21.4 Å². The highest BCUT2D eigenvalue weighted by Gasteiger charge is 2.30. The first-order valence-electron chi connectivity index (χ1n) is 8.79. The lowest BCUT2D eigenvalue weighted by molar-refractivity contribution is 0.0467. The quantitative estimate of drug-likeness (QED) is 0.550. The number of benzene rings is 1. The molecule has 0 spiro atoms. The maximum Gasteiger partial charge on any atom is 0.338 e. The number of thiazole rings is 1. The van der Waals surface area contributed by atoms with Gasteiger partial charge < -0.3 is 4.74 Å². The fourth-order valence-electron chi connectivity index (χ4n) is 3.08. The van der Waals surface area contributed by atoms with E-state index in [1.54, 1.807) is 11.6 Å². The van der Waals surface area contributed by atoms with Crippen molar-refractivity contribution in [2.45, 2.75) is 24.3 Å². The summed E-state index contributed by atoms with van der Waals surface area (Å²) in [5.74, 6) is -0.729. The minimum Gasteiger partial charge on any atom is -0.456 e. The molecule has 2 aromatic heterocycles. The Labute approximate surface area is 175 Å². The van der Waals surface area contributed by atoms with Gasteiger partial charge in [0.15, 0.2) is 4.96 Å². The summed E-state index contributed by atoms with van der Waals surface area (Å²) >= 11 is 7.39. The summed E-state index contributed by atoms with van der Waals surface area (Å²) < 4.78 is 33.6. The molecule has 11 heteroatoms. The molecule has 3 aromatic rings. The molecule has 29 heavy (non-hydrogen) atoms. The number of ether oxygens (including phenoxy) is 1. The Balaban J connectivity index is 1.55. The normalized spacial score (nSPS) is 15.1. The molecule has 0 aliphatic carbocycles. The molecule has 8 nitrogen and oxygen atoms in total. The molecule has 0 radical (unpaired) electrons. The van der Waals surface area contributed by atoms with Crippen molar-refractivity contribution in [1.82, 2.24) is 13.7 Å². The minimum absolute atomic E-state index is 0.0475. The lowest BCUT2D eigenvalue weighted by Crippen LogP contribution is -2.28. The van der Waals surface area contributed by atoms with Gasteiger partial charge in [0.2, 0.25) is 10.0 Å². The summed E-state index contributed by atoms with van der Waals surface area (Å²) in [7, 11) is -3.78. The van der Waals surface area contributed by atoms with E-state index >= 15 is 0 Å². The van der Waals surface area contributed by atoms with Gasteiger partial charge >= 0.3 is 5.97 Å². The zero-order valence-electron chi connectivity index (χ0n) is 15.1. The van der Waals surface area contributed by atoms with Crippen LogP contribution >= 0.6 is 22.9 Å². The molecule has 4 rings (SSSR count). The number of hydrogen-bond donors (Lipinski definition) is 0. The second kappa shape index (κ2) is 7.86. The number of aromatic nitrogens is 2. The van der Waals surface area contributed by atoms with Crippen molar-refractivity contribution in [3.05, 3.63) is 62.5 Å².